The average molecular weight is 409 g/mol. The van der Waals surface area contributed by atoms with Crippen LogP contribution in [0.3, 0.4) is 0 Å². The van der Waals surface area contributed by atoms with Crippen LogP contribution in [0.5, 0.6) is 11.5 Å². The van der Waals surface area contributed by atoms with Crippen molar-refractivity contribution >= 4 is 28.4 Å². The topological polar surface area (TPSA) is 95.0 Å². The van der Waals surface area contributed by atoms with Crippen molar-refractivity contribution in [2.45, 2.75) is 0 Å². The molecule has 3 aromatic heterocycles. The molecule has 0 amide bonds. The second-order valence-electron chi connectivity index (χ2n) is 6.87. The lowest BCUT2D eigenvalue weighted by Crippen LogP contribution is -2.11. The van der Waals surface area contributed by atoms with Gasteiger partial charge < -0.3 is 15.4 Å². The van der Waals surface area contributed by atoms with Gasteiger partial charge in [-0.2, -0.15) is 0 Å². The highest BCUT2D eigenvalue weighted by atomic mass is 16.5. The monoisotopic (exact) mass is 409 g/mol. The number of aromatic nitrogens is 5. The van der Waals surface area contributed by atoms with E-state index < -0.39 is 0 Å². The molecule has 5 aromatic rings. The molecule has 0 saturated heterocycles. The van der Waals surface area contributed by atoms with Gasteiger partial charge in [0.15, 0.2) is 11.5 Å². The summed E-state index contributed by atoms with van der Waals surface area (Å²) in [6.07, 6.45) is 4.86. The van der Waals surface area contributed by atoms with Gasteiger partial charge in [0.2, 0.25) is 0 Å². The van der Waals surface area contributed by atoms with Crippen LogP contribution in [0.15, 0.2) is 85.5 Å². The third-order valence-electron chi connectivity index (χ3n) is 4.88. The molecule has 0 spiro atoms. The van der Waals surface area contributed by atoms with Gasteiger partial charge in [0.25, 0.3) is 0 Å². The largest absolute Gasteiger partial charge is 0.457 e. The van der Waals surface area contributed by atoms with Crippen molar-refractivity contribution in [1.82, 2.24) is 24.7 Å². The highest BCUT2D eigenvalue weighted by Gasteiger charge is 2.20. The highest BCUT2D eigenvalue weighted by Crippen LogP contribution is 2.35. The van der Waals surface area contributed by atoms with E-state index in [9.17, 15) is 0 Å². The van der Waals surface area contributed by atoms with Crippen molar-refractivity contribution in [3.8, 4) is 17.2 Å². The lowest BCUT2D eigenvalue weighted by atomic mass is 10.2. The standard InChI is InChI=1S/C23H19N7O/c1-29(17-6-5-9-19(14-17)31-18-7-3-2-4-8-18)23-20-21(24)26-15-27-22(20)30(28-23)16-10-12-25-13-11-16/h2-15H,1H3,(H2,24,26,27). The molecule has 0 radical (unpaired) electrons. The maximum Gasteiger partial charge on any atom is 0.170 e. The Labute approximate surface area is 178 Å². The van der Waals surface area contributed by atoms with Crippen molar-refractivity contribution in [3.05, 3.63) is 85.5 Å². The molecule has 2 N–H and O–H groups in total. The Morgan fingerprint density at radius 2 is 1.68 bits per heavy atom. The molecule has 2 aromatic carbocycles. The van der Waals surface area contributed by atoms with Crippen LogP contribution in [-0.4, -0.2) is 31.8 Å². The minimum atomic E-state index is 0.365. The lowest BCUT2D eigenvalue weighted by molar-refractivity contribution is 0.483. The minimum Gasteiger partial charge on any atom is -0.457 e. The summed E-state index contributed by atoms with van der Waals surface area (Å²) in [5, 5.41) is 5.48. The summed E-state index contributed by atoms with van der Waals surface area (Å²) >= 11 is 0. The smallest absolute Gasteiger partial charge is 0.170 e. The normalized spacial score (nSPS) is 10.9. The number of nitrogens with zero attached hydrogens (tertiary/aromatic N) is 6. The molecule has 8 heteroatoms. The first-order chi connectivity index (χ1) is 15.2. The Kier molecular flexibility index (Phi) is 4.64. The molecule has 0 fully saturated rings. The number of nitrogens with two attached hydrogens (primary N) is 1. The Morgan fingerprint density at radius 1 is 0.903 bits per heavy atom. The van der Waals surface area contributed by atoms with E-state index in [-0.39, 0.29) is 0 Å². The van der Waals surface area contributed by atoms with Gasteiger partial charge in [-0.1, -0.05) is 24.3 Å². The Hall–Kier alpha value is -4.46. The molecule has 8 nitrogen and oxygen atoms in total. The zero-order valence-corrected chi connectivity index (χ0v) is 16.8. The van der Waals surface area contributed by atoms with Crippen LogP contribution in [0.25, 0.3) is 16.7 Å². The predicted molar refractivity (Wildman–Crippen MR) is 120 cm³/mol. The van der Waals surface area contributed by atoms with Gasteiger partial charge >= 0.3 is 0 Å². The van der Waals surface area contributed by atoms with Crippen molar-refractivity contribution in [2.24, 2.45) is 0 Å². The molecule has 0 aliphatic heterocycles. The van der Waals surface area contributed by atoms with Crippen LogP contribution < -0.4 is 15.4 Å². The first kappa shape index (κ1) is 18.6. The Morgan fingerprint density at radius 3 is 2.48 bits per heavy atom. The number of anilines is 3. The molecule has 152 valence electrons. The van der Waals surface area contributed by atoms with Crippen LogP contribution in [0.1, 0.15) is 0 Å². The summed E-state index contributed by atoms with van der Waals surface area (Å²) < 4.78 is 7.72. The molecular weight excluding hydrogens is 390 g/mol. The number of para-hydroxylation sites is 1. The molecule has 0 aliphatic rings. The third-order valence-corrected chi connectivity index (χ3v) is 4.88. The van der Waals surface area contributed by atoms with Gasteiger partial charge in [0.1, 0.15) is 29.0 Å². The molecule has 3 heterocycles. The van der Waals surface area contributed by atoms with Gasteiger partial charge in [-0.3, -0.25) is 4.98 Å². The number of rotatable bonds is 5. The molecule has 0 aliphatic carbocycles. The molecule has 5 rings (SSSR count). The first-order valence-electron chi connectivity index (χ1n) is 9.67. The number of pyridine rings is 1. The summed E-state index contributed by atoms with van der Waals surface area (Å²) in [6.45, 7) is 0. The van der Waals surface area contributed by atoms with Gasteiger partial charge in [0, 0.05) is 31.2 Å². The fraction of sp³-hybridized carbons (Fsp3) is 0.0435. The molecule has 0 saturated carbocycles. The maximum absolute atomic E-state index is 6.23. The van der Waals surface area contributed by atoms with E-state index >= 15 is 0 Å². The fourth-order valence-electron chi connectivity index (χ4n) is 3.36. The summed E-state index contributed by atoms with van der Waals surface area (Å²) in [6, 6.07) is 21.2. The first-order valence-corrected chi connectivity index (χ1v) is 9.67. The van der Waals surface area contributed by atoms with E-state index in [0.717, 1.165) is 22.9 Å². The summed E-state index contributed by atoms with van der Waals surface area (Å²) in [7, 11) is 1.92. The zero-order valence-electron chi connectivity index (χ0n) is 16.8. The van der Waals surface area contributed by atoms with Gasteiger partial charge in [0.05, 0.1) is 5.69 Å². The SMILES string of the molecule is CN(c1cccc(Oc2ccccc2)c1)c1nn(-c2ccncc2)c2ncnc(N)c12. The van der Waals surface area contributed by atoms with Crippen LogP contribution in [-0.2, 0) is 0 Å². The van der Waals surface area contributed by atoms with Gasteiger partial charge in [-0.05, 0) is 36.4 Å². The molecular formula is C23H19N7O. The number of hydrogen-bond donors (Lipinski definition) is 1. The van der Waals surface area contributed by atoms with Crippen LogP contribution in [0, 0.1) is 0 Å². The van der Waals surface area contributed by atoms with Crippen molar-refractivity contribution in [1.29, 1.82) is 0 Å². The van der Waals surface area contributed by atoms with E-state index in [2.05, 4.69) is 15.0 Å². The zero-order chi connectivity index (χ0) is 21.2. The van der Waals surface area contributed by atoms with E-state index in [1.807, 2.05) is 78.7 Å². The van der Waals surface area contributed by atoms with E-state index in [1.54, 1.807) is 17.1 Å². The number of nitrogen functional groups attached to an aromatic ring is 1. The highest BCUT2D eigenvalue weighted by molar-refractivity contribution is 5.98. The number of fused-ring (bicyclic) bond motifs is 1. The fourth-order valence-corrected chi connectivity index (χ4v) is 3.36. The predicted octanol–water partition coefficient (Wildman–Crippen LogP) is 4.35. The molecule has 0 bridgehead atoms. The quantitative estimate of drug-likeness (QED) is 0.461. The van der Waals surface area contributed by atoms with E-state index in [1.165, 1.54) is 6.33 Å². The van der Waals surface area contributed by atoms with Crippen molar-refractivity contribution < 1.29 is 4.74 Å². The van der Waals surface area contributed by atoms with Crippen molar-refractivity contribution in [3.63, 3.8) is 0 Å². The van der Waals surface area contributed by atoms with Crippen molar-refractivity contribution in [2.75, 3.05) is 17.7 Å². The van der Waals surface area contributed by atoms with E-state index in [4.69, 9.17) is 15.6 Å². The van der Waals surface area contributed by atoms with Gasteiger partial charge in [-0.15, -0.1) is 5.10 Å². The number of benzene rings is 2. The number of hydrogen-bond acceptors (Lipinski definition) is 7. The van der Waals surface area contributed by atoms with Gasteiger partial charge in [-0.25, -0.2) is 14.6 Å². The van der Waals surface area contributed by atoms with E-state index in [0.29, 0.717) is 22.7 Å². The molecule has 0 atom stereocenters. The molecule has 0 unspecified atom stereocenters. The van der Waals surface area contributed by atoms with Crippen LogP contribution in [0.2, 0.25) is 0 Å². The number of ether oxygens (including phenoxy) is 1. The summed E-state index contributed by atoms with van der Waals surface area (Å²) in [5.41, 5.74) is 8.57. The summed E-state index contributed by atoms with van der Waals surface area (Å²) in [4.78, 5) is 14.6. The minimum absolute atomic E-state index is 0.365. The second-order valence-corrected chi connectivity index (χ2v) is 6.87. The lowest BCUT2D eigenvalue weighted by Gasteiger charge is -2.18. The molecule has 31 heavy (non-hydrogen) atoms. The second kappa shape index (κ2) is 7.75. The maximum atomic E-state index is 6.23. The Balaban J connectivity index is 1.58. The third kappa shape index (κ3) is 3.51. The summed E-state index contributed by atoms with van der Waals surface area (Å²) in [5.74, 6) is 2.50. The van der Waals surface area contributed by atoms with Crippen LogP contribution >= 0.6 is 0 Å². The average Bonchev–Trinajstić information content (AvgIpc) is 3.21. The van der Waals surface area contributed by atoms with Crippen LogP contribution in [0.4, 0.5) is 17.3 Å². The Bertz CT molecular complexity index is 1340.